The molecule has 1 aromatic heterocycles. The smallest absolute Gasteiger partial charge is 0.228 e. The van der Waals surface area contributed by atoms with Crippen LogP contribution in [-0.2, 0) is 21.1 Å². The van der Waals surface area contributed by atoms with Crippen LogP contribution in [0.2, 0.25) is 0 Å². The lowest BCUT2D eigenvalue weighted by Gasteiger charge is -2.22. The van der Waals surface area contributed by atoms with Crippen molar-refractivity contribution in [2.24, 2.45) is 0 Å². The molecule has 1 aliphatic rings. The van der Waals surface area contributed by atoms with E-state index in [4.69, 9.17) is 4.52 Å². The minimum Gasteiger partial charge on any atom is -0.356 e. The molecule has 0 radical (unpaired) electrons. The Kier molecular flexibility index (Phi) is 5.47. The third-order valence-electron chi connectivity index (χ3n) is 6.00. The summed E-state index contributed by atoms with van der Waals surface area (Å²) in [5.41, 5.74) is 4.95. The summed E-state index contributed by atoms with van der Waals surface area (Å²) in [6.45, 7) is 7.48. The molecule has 1 amide bonds. The maximum absolute atomic E-state index is 13.2. The molecule has 0 saturated carbocycles. The van der Waals surface area contributed by atoms with Crippen LogP contribution in [0.3, 0.4) is 0 Å². The van der Waals surface area contributed by atoms with Crippen LogP contribution in [0.5, 0.6) is 0 Å². The minimum absolute atomic E-state index is 0.0235. The van der Waals surface area contributed by atoms with E-state index in [0.29, 0.717) is 16.9 Å². The number of fused-ring (bicyclic) bond motifs is 1. The Bertz CT molecular complexity index is 1260. The van der Waals surface area contributed by atoms with Crippen molar-refractivity contribution < 1.29 is 17.7 Å². The lowest BCUT2D eigenvalue weighted by molar-refractivity contribution is -0.118. The monoisotopic (exact) mass is 438 g/mol. The number of anilines is 1. The van der Waals surface area contributed by atoms with Crippen molar-refractivity contribution in [3.05, 3.63) is 64.8 Å². The van der Waals surface area contributed by atoms with Crippen LogP contribution in [-0.4, -0.2) is 31.3 Å². The topological polar surface area (TPSA) is 80.5 Å². The van der Waals surface area contributed by atoms with Gasteiger partial charge in [-0.2, -0.15) is 0 Å². The summed E-state index contributed by atoms with van der Waals surface area (Å²) in [7, 11) is -3.66. The second-order valence-corrected chi connectivity index (χ2v) is 10.3. The minimum atomic E-state index is -3.66. The van der Waals surface area contributed by atoms with Crippen LogP contribution >= 0.6 is 0 Å². The summed E-state index contributed by atoms with van der Waals surface area (Å²) in [5, 5.41) is 3.96. The number of amides is 1. The van der Waals surface area contributed by atoms with Gasteiger partial charge in [0.25, 0.3) is 0 Å². The first-order valence-corrected chi connectivity index (χ1v) is 12.0. The van der Waals surface area contributed by atoms with Gasteiger partial charge in [-0.15, -0.1) is 0 Å². The van der Waals surface area contributed by atoms with E-state index in [9.17, 15) is 13.2 Å². The number of hydrogen-bond donors (Lipinski definition) is 0. The summed E-state index contributed by atoms with van der Waals surface area (Å²) < 4.78 is 31.7. The molecule has 0 aliphatic carbocycles. The lowest BCUT2D eigenvalue weighted by atomic mass is 10.1. The van der Waals surface area contributed by atoms with E-state index in [1.807, 2.05) is 51.1 Å². The Morgan fingerprint density at radius 2 is 1.90 bits per heavy atom. The highest BCUT2D eigenvalue weighted by molar-refractivity contribution is 7.91. The Balaban J connectivity index is 1.56. The molecule has 1 atom stereocenters. The number of aryl methyl sites for hydroxylation is 2. The van der Waals surface area contributed by atoms with Crippen LogP contribution in [0, 0.1) is 20.8 Å². The molecule has 0 saturated heterocycles. The fourth-order valence-corrected chi connectivity index (χ4v) is 5.69. The molecule has 0 spiro atoms. The molecule has 31 heavy (non-hydrogen) atoms. The molecule has 2 aromatic carbocycles. The SMILES string of the molecule is Cc1ccc(-c2onc(C)c2C)cc1S(=O)(=O)CCC(=O)N1c2ccccc2C[C@@H]1C. The highest BCUT2D eigenvalue weighted by Gasteiger charge is 2.31. The first kappa shape index (κ1) is 21.3. The standard InChI is InChI=1S/C24H26N2O4S/c1-15-9-10-20(24-17(3)18(4)25-30-24)14-22(15)31(28,29)12-11-23(27)26-16(2)13-19-7-5-6-8-21(19)26/h5-10,14,16H,11-13H2,1-4H3/t16-/m0/s1. The summed E-state index contributed by atoms with van der Waals surface area (Å²) in [6, 6.07) is 13.0. The molecule has 3 aromatic rings. The molecule has 0 N–H and O–H groups in total. The number of carbonyl (C=O) groups excluding carboxylic acids is 1. The van der Waals surface area contributed by atoms with Gasteiger partial charge in [0.2, 0.25) is 5.91 Å². The second kappa shape index (κ2) is 7.96. The van der Waals surface area contributed by atoms with Crippen LogP contribution in [0.4, 0.5) is 5.69 Å². The van der Waals surface area contributed by atoms with Crippen molar-refractivity contribution >= 4 is 21.4 Å². The van der Waals surface area contributed by atoms with Gasteiger partial charge in [0, 0.05) is 29.3 Å². The van der Waals surface area contributed by atoms with Crippen LogP contribution in [0.25, 0.3) is 11.3 Å². The van der Waals surface area contributed by atoms with E-state index >= 15 is 0 Å². The number of para-hydroxylation sites is 1. The zero-order chi connectivity index (χ0) is 22.3. The first-order valence-electron chi connectivity index (χ1n) is 10.4. The fourth-order valence-electron chi connectivity index (χ4n) is 4.16. The normalized spacial score (nSPS) is 15.9. The van der Waals surface area contributed by atoms with Crippen molar-refractivity contribution in [1.82, 2.24) is 5.16 Å². The molecule has 2 heterocycles. The highest BCUT2D eigenvalue weighted by atomic mass is 32.2. The van der Waals surface area contributed by atoms with Gasteiger partial charge in [-0.3, -0.25) is 4.79 Å². The molecule has 7 heteroatoms. The zero-order valence-electron chi connectivity index (χ0n) is 18.2. The quantitative estimate of drug-likeness (QED) is 0.589. The summed E-state index contributed by atoms with van der Waals surface area (Å²) in [6.07, 6.45) is 0.719. The fraction of sp³-hybridized carbons (Fsp3) is 0.333. The first-order chi connectivity index (χ1) is 14.7. The predicted molar refractivity (Wildman–Crippen MR) is 120 cm³/mol. The Hall–Kier alpha value is -2.93. The van der Waals surface area contributed by atoms with Crippen LogP contribution in [0.1, 0.15) is 35.7 Å². The summed E-state index contributed by atoms with van der Waals surface area (Å²) >= 11 is 0. The molecular weight excluding hydrogens is 412 g/mol. The van der Waals surface area contributed by atoms with Gasteiger partial charge < -0.3 is 9.42 Å². The van der Waals surface area contributed by atoms with E-state index in [-0.39, 0.29) is 29.0 Å². The third-order valence-corrected chi connectivity index (χ3v) is 7.85. The summed E-state index contributed by atoms with van der Waals surface area (Å²) in [4.78, 5) is 14.9. The lowest BCUT2D eigenvalue weighted by Crippen LogP contribution is -2.36. The van der Waals surface area contributed by atoms with Crippen molar-refractivity contribution in [3.8, 4) is 11.3 Å². The molecule has 0 bridgehead atoms. The van der Waals surface area contributed by atoms with Crippen molar-refractivity contribution in [3.63, 3.8) is 0 Å². The number of nitrogens with zero attached hydrogens (tertiary/aromatic N) is 2. The van der Waals surface area contributed by atoms with Crippen LogP contribution < -0.4 is 4.90 Å². The van der Waals surface area contributed by atoms with Crippen molar-refractivity contribution in [2.75, 3.05) is 10.7 Å². The highest BCUT2D eigenvalue weighted by Crippen LogP contribution is 2.33. The van der Waals surface area contributed by atoms with Gasteiger partial charge in [-0.1, -0.05) is 35.5 Å². The van der Waals surface area contributed by atoms with Gasteiger partial charge in [0.1, 0.15) is 0 Å². The number of aromatic nitrogens is 1. The molecule has 0 unspecified atom stereocenters. The molecule has 4 rings (SSSR count). The molecule has 162 valence electrons. The van der Waals surface area contributed by atoms with Gasteiger partial charge >= 0.3 is 0 Å². The number of carbonyl (C=O) groups is 1. The maximum atomic E-state index is 13.2. The van der Waals surface area contributed by atoms with Gasteiger partial charge in [-0.25, -0.2) is 8.42 Å². The summed E-state index contributed by atoms with van der Waals surface area (Å²) in [5.74, 6) is 0.152. The van der Waals surface area contributed by atoms with Gasteiger partial charge in [-0.05, 0) is 57.4 Å². The Morgan fingerprint density at radius 1 is 1.16 bits per heavy atom. The van der Waals surface area contributed by atoms with E-state index < -0.39 is 9.84 Å². The molecular formula is C24H26N2O4S. The number of benzene rings is 2. The van der Waals surface area contributed by atoms with Crippen molar-refractivity contribution in [1.29, 1.82) is 0 Å². The zero-order valence-corrected chi connectivity index (χ0v) is 19.0. The number of sulfone groups is 1. The van der Waals surface area contributed by atoms with Crippen LogP contribution in [0.15, 0.2) is 51.9 Å². The molecule has 6 nitrogen and oxygen atoms in total. The van der Waals surface area contributed by atoms with Crippen molar-refractivity contribution in [2.45, 2.75) is 51.5 Å². The van der Waals surface area contributed by atoms with E-state index in [1.165, 1.54) is 0 Å². The number of hydrogen-bond acceptors (Lipinski definition) is 5. The van der Waals surface area contributed by atoms with Gasteiger partial charge in [0.05, 0.1) is 16.3 Å². The number of rotatable bonds is 5. The average Bonchev–Trinajstić information content (AvgIpc) is 3.25. The third kappa shape index (κ3) is 3.90. The molecule has 1 aliphatic heterocycles. The van der Waals surface area contributed by atoms with E-state index in [2.05, 4.69) is 5.16 Å². The molecule has 0 fully saturated rings. The maximum Gasteiger partial charge on any atom is 0.228 e. The van der Waals surface area contributed by atoms with E-state index in [1.54, 1.807) is 24.0 Å². The second-order valence-electron chi connectivity index (χ2n) is 8.22. The Labute approximate surface area is 182 Å². The van der Waals surface area contributed by atoms with Gasteiger partial charge in [0.15, 0.2) is 15.6 Å². The van der Waals surface area contributed by atoms with E-state index in [0.717, 1.165) is 28.9 Å². The Morgan fingerprint density at radius 3 is 2.61 bits per heavy atom. The predicted octanol–water partition coefficient (Wildman–Crippen LogP) is 4.41. The largest absolute Gasteiger partial charge is 0.356 e. The average molecular weight is 439 g/mol.